The highest BCUT2D eigenvalue weighted by Gasteiger charge is 2.34. The van der Waals surface area contributed by atoms with Crippen LogP contribution in [-0.4, -0.2) is 76.4 Å². The first kappa shape index (κ1) is 16.9. The number of ether oxygens (including phenoxy) is 1. The second kappa shape index (κ2) is 8.20. The fourth-order valence-electron chi connectivity index (χ4n) is 3.22. The Hall–Kier alpha value is -0.160. The van der Waals surface area contributed by atoms with Crippen LogP contribution in [0.15, 0.2) is 0 Å². The van der Waals surface area contributed by atoms with E-state index in [1.165, 1.54) is 19.4 Å². The summed E-state index contributed by atoms with van der Waals surface area (Å²) >= 11 is 0. The van der Waals surface area contributed by atoms with Gasteiger partial charge in [-0.2, -0.15) is 0 Å². The van der Waals surface area contributed by atoms with Crippen LogP contribution in [0.4, 0.5) is 0 Å². The molecule has 0 aromatic carbocycles. The van der Waals surface area contributed by atoms with Gasteiger partial charge in [-0.25, -0.2) is 0 Å². The monoisotopic (exact) mass is 271 g/mol. The first-order chi connectivity index (χ1) is 9.03. The van der Waals surface area contributed by atoms with E-state index in [4.69, 9.17) is 4.74 Å². The van der Waals surface area contributed by atoms with Gasteiger partial charge in [0.2, 0.25) is 0 Å². The number of nitrogens with zero attached hydrogens (tertiary/aromatic N) is 2. The zero-order valence-electron chi connectivity index (χ0n) is 13.5. The van der Waals surface area contributed by atoms with Gasteiger partial charge in [-0.3, -0.25) is 4.90 Å². The molecule has 1 atom stereocenters. The number of hydrogen-bond acceptors (Lipinski definition) is 4. The van der Waals surface area contributed by atoms with Gasteiger partial charge < -0.3 is 15.0 Å². The van der Waals surface area contributed by atoms with Crippen LogP contribution in [0.2, 0.25) is 0 Å². The Kier molecular flexibility index (Phi) is 7.29. The van der Waals surface area contributed by atoms with Crippen molar-refractivity contribution in [2.45, 2.75) is 32.7 Å². The van der Waals surface area contributed by atoms with E-state index in [0.717, 1.165) is 32.8 Å². The van der Waals surface area contributed by atoms with Crippen LogP contribution in [0, 0.1) is 5.41 Å². The van der Waals surface area contributed by atoms with E-state index in [-0.39, 0.29) is 0 Å². The molecule has 1 heterocycles. The molecule has 19 heavy (non-hydrogen) atoms. The number of rotatable bonds is 8. The second-order valence-corrected chi connectivity index (χ2v) is 6.32. The van der Waals surface area contributed by atoms with Gasteiger partial charge in [0, 0.05) is 38.9 Å². The lowest BCUT2D eigenvalue weighted by molar-refractivity contribution is -0.0105. The molecule has 1 aliphatic rings. The first-order valence-electron chi connectivity index (χ1n) is 7.64. The van der Waals surface area contributed by atoms with Crippen LogP contribution in [0.1, 0.15) is 26.7 Å². The second-order valence-electron chi connectivity index (χ2n) is 6.32. The molecule has 4 nitrogen and oxygen atoms in total. The summed E-state index contributed by atoms with van der Waals surface area (Å²) in [5.41, 5.74) is 0.392. The van der Waals surface area contributed by atoms with Crippen LogP contribution in [0.3, 0.4) is 0 Å². The predicted octanol–water partition coefficient (Wildman–Crippen LogP) is 1.27. The highest BCUT2D eigenvalue weighted by atomic mass is 16.5. The van der Waals surface area contributed by atoms with Gasteiger partial charge in [0.25, 0.3) is 0 Å². The zero-order chi connectivity index (χ0) is 14.3. The van der Waals surface area contributed by atoms with Gasteiger partial charge in [0.05, 0.1) is 0 Å². The molecule has 0 aromatic rings. The van der Waals surface area contributed by atoms with Crippen LogP contribution >= 0.6 is 0 Å². The molecule has 0 aromatic heterocycles. The molecule has 4 heteroatoms. The fraction of sp³-hybridized carbons (Fsp3) is 1.00. The maximum Gasteiger partial charge on any atom is 0.0472 e. The minimum Gasteiger partial charge on any atom is -0.381 e. The van der Waals surface area contributed by atoms with Crippen molar-refractivity contribution in [1.82, 2.24) is 15.1 Å². The molecule has 1 N–H and O–H groups in total. The smallest absolute Gasteiger partial charge is 0.0472 e. The van der Waals surface area contributed by atoms with Gasteiger partial charge >= 0.3 is 0 Å². The average molecular weight is 271 g/mol. The summed E-state index contributed by atoms with van der Waals surface area (Å²) in [5, 5.41) is 3.39. The van der Waals surface area contributed by atoms with Crippen molar-refractivity contribution < 1.29 is 4.74 Å². The standard InChI is InChI=1S/C15H33N3O/c1-6-18(14(2)11-17(4)5)13-15(12-16-3)7-9-19-10-8-15/h14,16H,6-13H2,1-5H3. The third kappa shape index (κ3) is 5.38. The molecule has 1 unspecified atom stereocenters. The number of hydrogen-bond donors (Lipinski definition) is 1. The Balaban J connectivity index is 2.63. The molecule has 0 bridgehead atoms. The molecule has 0 spiro atoms. The van der Waals surface area contributed by atoms with E-state index < -0.39 is 0 Å². The van der Waals surface area contributed by atoms with E-state index in [2.05, 4.69) is 50.1 Å². The number of nitrogens with one attached hydrogen (secondary N) is 1. The Labute approximate surface area is 119 Å². The maximum atomic E-state index is 5.56. The fourth-order valence-corrected chi connectivity index (χ4v) is 3.22. The predicted molar refractivity (Wildman–Crippen MR) is 81.7 cm³/mol. The first-order valence-corrected chi connectivity index (χ1v) is 7.64. The van der Waals surface area contributed by atoms with Gasteiger partial charge in [-0.05, 0) is 52.9 Å². The quantitative estimate of drug-likeness (QED) is 0.720. The SMILES string of the molecule is CCN(CC1(CNC)CCOCC1)C(C)CN(C)C. The Bertz CT molecular complexity index is 234. The van der Waals surface area contributed by atoms with E-state index in [1.54, 1.807) is 0 Å². The molecule has 1 saturated heterocycles. The summed E-state index contributed by atoms with van der Waals surface area (Å²) in [4.78, 5) is 4.91. The summed E-state index contributed by atoms with van der Waals surface area (Å²) < 4.78 is 5.56. The third-order valence-corrected chi connectivity index (χ3v) is 4.30. The molecule has 1 aliphatic heterocycles. The molecule has 1 rings (SSSR count). The molecule has 0 saturated carbocycles. The van der Waals surface area contributed by atoms with Crippen molar-refractivity contribution in [3.8, 4) is 0 Å². The molecule has 0 amide bonds. The maximum absolute atomic E-state index is 5.56. The van der Waals surface area contributed by atoms with Gasteiger partial charge in [-0.15, -0.1) is 0 Å². The van der Waals surface area contributed by atoms with Crippen LogP contribution in [0.25, 0.3) is 0 Å². The summed E-state index contributed by atoms with van der Waals surface area (Å²) in [7, 11) is 6.38. The minimum atomic E-state index is 0.392. The van der Waals surface area contributed by atoms with E-state index in [0.29, 0.717) is 11.5 Å². The van der Waals surface area contributed by atoms with Crippen LogP contribution in [0.5, 0.6) is 0 Å². The van der Waals surface area contributed by atoms with Crippen LogP contribution in [-0.2, 0) is 4.74 Å². The van der Waals surface area contributed by atoms with Gasteiger partial charge in [0.15, 0.2) is 0 Å². The lowest BCUT2D eigenvalue weighted by Gasteiger charge is -2.43. The molecule has 1 fully saturated rings. The summed E-state index contributed by atoms with van der Waals surface area (Å²) in [5.74, 6) is 0. The van der Waals surface area contributed by atoms with Crippen LogP contribution < -0.4 is 5.32 Å². The lowest BCUT2D eigenvalue weighted by atomic mass is 9.79. The van der Waals surface area contributed by atoms with Gasteiger partial charge in [0.1, 0.15) is 0 Å². The largest absolute Gasteiger partial charge is 0.381 e. The highest BCUT2D eigenvalue weighted by Crippen LogP contribution is 2.31. The highest BCUT2D eigenvalue weighted by molar-refractivity contribution is 4.88. The van der Waals surface area contributed by atoms with Crippen molar-refractivity contribution in [3.05, 3.63) is 0 Å². The van der Waals surface area contributed by atoms with E-state index in [1.807, 2.05) is 0 Å². The van der Waals surface area contributed by atoms with Crippen molar-refractivity contribution in [2.75, 3.05) is 60.5 Å². The van der Waals surface area contributed by atoms with Gasteiger partial charge in [-0.1, -0.05) is 6.92 Å². The normalized spacial score (nSPS) is 21.0. The number of likely N-dealkylation sites (N-methyl/N-ethyl adjacent to an activating group) is 2. The van der Waals surface area contributed by atoms with Crippen molar-refractivity contribution in [2.24, 2.45) is 5.41 Å². The Morgan fingerprint density at radius 2 is 1.89 bits per heavy atom. The van der Waals surface area contributed by atoms with E-state index >= 15 is 0 Å². The summed E-state index contributed by atoms with van der Waals surface area (Å²) in [6, 6.07) is 0.608. The lowest BCUT2D eigenvalue weighted by Crippen LogP contribution is -2.50. The topological polar surface area (TPSA) is 27.7 Å². The molecular formula is C15H33N3O. The Morgan fingerprint density at radius 3 is 2.37 bits per heavy atom. The molecular weight excluding hydrogens is 238 g/mol. The third-order valence-electron chi connectivity index (χ3n) is 4.30. The zero-order valence-corrected chi connectivity index (χ0v) is 13.5. The molecule has 0 radical (unpaired) electrons. The minimum absolute atomic E-state index is 0.392. The van der Waals surface area contributed by atoms with Crippen molar-refractivity contribution in [1.29, 1.82) is 0 Å². The molecule has 114 valence electrons. The summed E-state index contributed by atoms with van der Waals surface area (Å²) in [6.07, 6.45) is 2.36. The molecule has 0 aliphatic carbocycles. The van der Waals surface area contributed by atoms with E-state index in [9.17, 15) is 0 Å². The Morgan fingerprint density at radius 1 is 1.26 bits per heavy atom. The average Bonchev–Trinajstić information content (AvgIpc) is 2.36. The summed E-state index contributed by atoms with van der Waals surface area (Å²) in [6.45, 7) is 11.0. The van der Waals surface area contributed by atoms with Crippen molar-refractivity contribution in [3.63, 3.8) is 0 Å². The van der Waals surface area contributed by atoms with Crippen molar-refractivity contribution >= 4 is 0 Å².